The number of hydrogen-bond acceptors (Lipinski definition) is 4. The minimum Gasteiger partial charge on any atom is -0.354 e. The van der Waals surface area contributed by atoms with Crippen LogP contribution < -0.4 is 9.62 Å². The number of carbonyl (C=O) groups excluding carboxylic acids is 2. The number of amides is 2. The van der Waals surface area contributed by atoms with Crippen LogP contribution in [0.5, 0.6) is 0 Å². The smallest absolute Gasteiger partial charge is 0.244 e. The normalized spacial score (nSPS) is 12.3. The highest BCUT2D eigenvalue weighted by atomic mass is 32.2. The van der Waals surface area contributed by atoms with Gasteiger partial charge < -0.3 is 10.2 Å². The fourth-order valence-electron chi connectivity index (χ4n) is 3.44. The Hall–Kier alpha value is -2.87. The van der Waals surface area contributed by atoms with Crippen LogP contribution in [-0.2, 0) is 26.2 Å². The number of hydrogen-bond donors (Lipinski definition) is 1. The predicted octanol–water partition coefficient (Wildman–Crippen LogP) is 3.26. The molecule has 2 rings (SSSR count). The third-order valence-electron chi connectivity index (χ3n) is 5.52. The molecule has 2 aromatic carbocycles. The van der Waals surface area contributed by atoms with E-state index in [1.807, 2.05) is 51.1 Å². The molecular formula is C25H35N3O4S. The van der Waals surface area contributed by atoms with E-state index in [-0.39, 0.29) is 18.4 Å². The van der Waals surface area contributed by atoms with Crippen molar-refractivity contribution in [3.63, 3.8) is 0 Å². The number of aryl methyl sites for hydroxylation is 2. The first-order chi connectivity index (χ1) is 15.4. The number of nitrogens with one attached hydrogen (secondary N) is 1. The number of sulfonamides is 1. The highest BCUT2D eigenvalue weighted by Crippen LogP contribution is 2.23. The quantitative estimate of drug-likeness (QED) is 0.574. The van der Waals surface area contributed by atoms with Gasteiger partial charge in [0.1, 0.15) is 12.6 Å². The van der Waals surface area contributed by atoms with E-state index in [0.717, 1.165) is 27.3 Å². The average molecular weight is 474 g/mol. The molecule has 2 aromatic rings. The molecule has 33 heavy (non-hydrogen) atoms. The van der Waals surface area contributed by atoms with Gasteiger partial charge in [0.15, 0.2) is 0 Å². The van der Waals surface area contributed by atoms with E-state index in [1.54, 1.807) is 32.0 Å². The van der Waals surface area contributed by atoms with Crippen LogP contribution in [0, 0.1) is 19.8 Å². The molecule has 180 valence electrons. The Labute approximate surface area is 197 Å². The molecule has 0 saturated heterocycles. The summed E-state index contributed by atoms with van der Waals surface area (Å²) in [5.74, 6) is -0.449. The molecule has 0 unspecified atom stereocenters. The number of benzene rings is 2. The molecular weight excluding hydrogens is 438 g/mol. The lowest BCUT2D eigenvalue weighted by molar-refractivity contribution is -0.139. The summed E-state index contributed by atoms with van der Waals surface area (Å²) in [6, 6.07) is 13.9. The van der Waals surface area contributed by atoms with E-state index >= 15 is 0 Å². The van der Waals surface area contributed by atoms with Crippen molar-refractivity contribution < 1.29 is 18.0 Å². The zero-order valence-corrected chi connectivity index (χ0v) is 21.1. The zero-order valence-electron chi connectivity index (χ0n) is 20.3. The fraction of sp³-hybridized carbons (Fsp3) is 0.440. The largest absolute Gasteiger partial charge is 0.354 e. The summed E-state index contributed by atoms with van der Waals surface area (Å²) in [5, 5.41) is 2.88. The van der Waals surface area contributed by atoms with Gasteiger partial charge in [0.05, 0.1) is 11.9 Å². The molecule has 0 aliphatic heterocycles. The monoisotopic (exact) mass is 473 g/mol. The standard InChI is InChI=1S/C25H35N3O4S/c1-18(2)15-26-25(30)21(5)27(16-22-13-9-7-11-19(22)3)24(29)17-28(33(6,31)32)23-14-10-8-12-20(23)4/h7-14,18,21H,15-17H2,1-6H3,(H,26,30)/t21-/m1/s1. The van der Waals surface area contributed by atoms with Crippen molar-refractivity contribution >= 4 is 27.5 Å². The summed E-state index contributed by atoms with van der Waals surface area (Å²) in [4.78, 5) is 27.8. The molecule has 8 heteroatoms. The van der Waals surface area contributed by atoms with Crippen LogP contribution in [0.1, 0.15) is 37.5 Å². The predicted molar refractivity (Wildman–Crippen MR) is 132 cm³/mol. The topological polar surface area (TPSA) is 86.8 Å². The molecule has 0 spiro atoms. The number of anilines is 1. The van der Waals surface area contributed by atoms with Crippen LogP contribution in [0.15, 0.2) is 48.5 Å². The molecule has 1 atom stereocenters. The first-order valence-electron chi connectivity index (χ1n) is 11.1. The molecule has 7 nitrogen and oxygen atoms in total. The number of para-hydroxylation sites is 1. The van der Waals surface area contributed by atoms with Crippen molar-refractivity contribution in [1.29, 1.82) is 0 Å². The second-order valence-corrected chi connectivity index (χ2v) is 10.7. The van der Waals surface area contributed by atoms with E-state index in [9.17, 15) is 18.0 Å². The highest BCUT2D eigenvalue weighted by molar-refractivity contribution is 7.92. The van der Waals surface area contributed by atoms with Gasteiger partial charge in [-0.25, -0.2) is 8.42 Å². The van der Waals surface area contributed by atoms with E-state index < -0.39 is 28.5 Å². The second-order valence-electron chi connectivity index (χ2n) is 8.82. The van der Waals surface area contributed by atoms with Crippen LogP contribution in [-0.4, -0.2) is 50.5 Å². The molecule has 0 fully saturated rings. The van der Waals surface area contributed by atoms with E-state index in [2.05, 4.69) is 5.32 Å². The van der Waals surface area contributed by atoms with Gasteiger partial charge in [-0.2, -0.15) is 0 Å². The molecule has 0 bridgehead atoms. The average Bonchev–Trinajstić information content (AvgIpc) is 2.74. The van der Waals surface area contributed by atoms with Crippen molar-refractivity contribution in [2.75, 3.05) is 23.7 Å². The lowest BCUT2D eigenvalue weighted by atomic mass is 10.1. The van der Waals surface area contributed by atoms with E-state index in [4.69, 9.17) is 0 Å². The minimum absolute atomic E-state index is 0.202. The Bertz CT molecular complexity index is 1080. The number of carbonyl (C=O) groups is 2. The van der Waals surface area contributed by atoms with E-state index in [1.165, 1.54) is 4.90 Å². The number of nitrogens with zero attached hydrogens (tertiary/aromatic N) is 2. The zero-order chi connectivity index (χ0) is 24.8. The SMILES string of the molecule is Cc1ccccc1CN(C(=O)CN(c1ccccc1C)S(C)(=O)=O)[C@H](C)C(=O)NCC(C)C. The van der Waals surface area contributed by atoms with Crippen LogP contribution in [0.3, 0.4) is 0 Å². The van der Waals surface area contributed by atoms with Crippen molar-refractivity contribution in [2.24, 2.45) is 5.92 Å². The maximum Gasteiger partial charge on any atom is 0.244 e. The summed E-state index contributed by atoms with van der Waals surface area (Å²) in [6.07, 6.45) is 1.08. The Morgan fingerprint density at radius 2 is 1.52 bits per heavy atom. The molecule has 2 amide bonds. The van der Waals surface area contributed by atoms with Gasteiger partial charge in [-0.3, -0.25) is 13.9 Å². The molecule has 0 aliphatic carbocycles. The summed E-state index contributed by atoms with van der Waals surface area (Å²) in [7, 11) is -3.73. The first kappa shape index (κ1) is 26.4. The molecule has 1 N–H and O–H groups in total. The Balaban J connectivity index is 2.39. The molecule has 0 radical (unpaired) electrons. The van der Waals surface area contributed by atoms with E-state index in [0.29, 0.717) is 12.2 Å². The van der Waals surface area contributed by atoms with Gasteiger partial charge >= 0.3 is 0 Å². The molecule has 0 aliphatic rings. The third-order valence-corrected chi connectivity index (χ3v) is 6.64. The Morgan fingerprint density at radius 1 is 0.939 bits per heavy atom. The fourth-order valence-corrected chi connectivity index (χ4v) is 4.35. The van der Waals surface area contributed by atoms with Gasteiger partial charge in [0.2, 0.25) is 21.8 Å². The highest BCUT2D eigenvalue weighted by Gasteiger charge is 2.30. The molecule has 0 aromatic heterocycles. The first-order valence-corrected chi connectivity index (χ1v) is 12.9. The van der Waals surface area contributed by atoms with Crippen LogP contribution in [0.4, 0.5) is 5.69 Å². The van der Waals surface area contributed by atoms with Gasteiger partial charge in [-0.05, 0) is 49.4 Å². The van der Waals surface area contributed by atoms with Crippen LogP contribution in [0.2, 0.25) is 0 Å². The maximum atomic E-state index is 13.5. The van der Waals surface area contributed by atoms with Crippen molar-refractivity contribution in [3.05, 3.63) is 65.2 Å². The Morgan fingerprint density at radius 3 is 2.06 bits per heavy atom. The summed E-state index contributed by atoms with van der Waals surface area (Å²) >= 11 is 0. The lowest BCUT2D eigenvalue weighted by Crippen LogP contribution is -2.51. The summed E-state index contributed by atoms with van der Waals surface area (Å²) in [5.41, 5.74) is 3.07. The van der Waals surface area contributed by atoms with Crippen LogP contribution in [0.25, 0.3) is 0 Å². The number of rotatable bonds is 10. The Kier molecular flexibility index (Phi) is 9.05. The molecule has 0 heterocycles. The van der Waals surface area contributed by atoms with Gasteiger partial charge in [0.25, 0.3) is 0 Å². The molecule has 0 saturated carbocycles. The van der Waals surface area contributed by atoms with Crippen molar-refractivity contribution in [1.82, 2.24) is 10.2 Å². The van der Waals surface area contributed by atoms with Gasteiger partial charge in [-0.1, -0.05) is 56.3 Å². The van der Waals surface area contributed by atoms with Crippen molar-refractivity contribution in [2.45, 2.75) is 47.2 Å². The van der Waals surface area contributed by atoms with Gasteiger partial charge in [-0.15, -0.1) is 0 Å². The lowest BCUT2D eigenvalue weighted by Gasteiger charge is -2.32. The summed E-state index contributed by atoms with van der Waals surface area (Å²) in [6.45, 7) is 9.70. The summed E-state index contributed by atoms with van der Waals surface area (Å²) < 4.78 is 26.3. The van der Waals surface area contributed by atoms with Crippen molar-refractivity contribution in [3.8, 4) is 0 Å². The maximum absolute atomic E-state index is 13.5. The second kappa shape index (κ2) is 11.3. The van der Waals surface area contributed by atoms with Crippen LogP contribution >= 0.6 is 0 Å². The third kappa shape index (κ3) is 7.32. The minimum atomic E-state index is -3.73. The van der Waals surface area contributed by atoms with Gasteiger partial charge in [0, 0.05) is 13.1 Å².